The smallest absolute Gasteiger partial charge is 0.175 e. The lowest BCUT2D eigenvalue weighted by atomic mass is 9.84. The Labute approximate surface area is 139 Å². The van der Waals surface area contributed by atoms with Crippen LogP contribution in [0.15, 0.2) is 53.1 Å². The summed E-state index contributed by atoms with van der Waals surface area (Å²) in [5, 5.41) is 10.9. The second kappa shape index (κ2) is 6.08. The lowest BCUT2D eigenvalue weighted by Crippen LogP contribution is -2.15. The number of hydrogen-bond donors (Lipinski definition) is 0. The first kappa shape index (κ1) is 15.0. The molecule has 0 aromatic heterocycles. The first-order valence-electron chi connectivity index (χ1n) is 6.86. The van der Waals surface area contributed by atoms with Crippen LogP contribution in [0.3, 0.4) is 0 Å². The number of fused-ring (bicyclic) bond motifs is 1. The highest BCUT2D eigenvalue weighted by Crippen LogP contribution is 2.45. The van der Waals surface area contributed by atoms with Crippen LogP contribution in [0, 0.1) is 18.3 Å². The summed E-state index contributed by atoms with van der Waals surface area (Å²) in [5.41, 5.74) is 3.83. The largest absolute Gasteiger partial charge is 0.449 e. The Hall–Kier alpha value is -1.89. The van der Waals surface area contributed by atoms with Crippen molar-refractivity contribution in [1.29, 1.82) is 5.26 Å². The summed E-state index contributed by atoms with van der Waals surface area (Å²) in [4.78, 5) is 0. The summed E-state index contributed by atoms with van der Waals surface area (Å²) in [7, 11) is 0. The van der Waals surface area contributed by atoms with Gasteiger partial charge < -0.3 is 4.74 Å². The Morgan fingerprint density at radius 1 is 1.18 bits per heavy atom. The van der Waals surface area contributed by atoms with Gasteiger partial charge in [0.05, 0.1) is 11.5 Å². The number of hydrogen-bond acceptors (Lipinski definition) is 3. The van der Waals surface area contributed by atoms with Gasteiger partial charge in [-0.2, -0.15) is 5.26 Å². The monoisotopic (exact) mass is 327 g/mol. The maximum atomic E-state index is 9.64. The molecule has 1 aliphatic rings. The Balaban J connectivity index is 2.23. The zero-order valence-electron chi connectivity index (χ0n) is 12.3. The van der Waals surface area contributed by atoms with Gasteiger partial charge in [-0.15, -0.1) is 0 Å². The Morgan fingerprint density at radius 2 is 1.91 bits per heavy atom. The van der Waals surface area contributed by atoms with Crippen molar-refractivity contribution in [3.05, 3.63) is 74.8 Å². The molecule has 1 atom stereocenters. The molecule has 3 rings (SSSR count). The SMILES string of the molecule is CSC1=C(C#N)C(c2ccc(C)cc2)c2cc(Cl)ccc2O1. The fourth-order valence-electron chi connectivity index (χ4n) is 2.63. The molecule has 0 fully saturated rings. The van der Waals surface area contributed by atoms with Crippen LogP contribution in [0.4, 0.5) is 0 Å². The number of nitriles is 1. The highest BCUT2D eigenvalue weighted by Gasteiger charge is 2.31. The van der Waals surface area contributed by atoms with Crippen molar-refractivity contribution in [2.45, 2.75) is 12.8 Å². The third-order valence-electron chi connectivity index (χ3n) is 3.71. The van der Waals surface area contributed by atoms with Gasteiger partial charge in [-0.3, -0.25) is 0 Å². The summed E-state index contributed by atoms with van der Waals surface area (Å²) in [5.74, 6) is 0.619. The lowest BCUT2D eigenvalue weighted by Gasteiger charge is -2.27. The summed E-state index contributed by atoms with van der Waals surface area (Å²) < 4.78 is 5.88. The van der Waals surface area contributed by atoms with E-state index < -0.39 is 0 Å². The van der Waals surface area contributed by atoms with Crippen LogP contribution in [-0.2, 0) is 0 Å². The minimum absolute atomic E-state index is 0.143. The molecule has 0 spiro atoms. The Bertz CT molecular complexity index is 790. The fourth-order valence-corrected chi connectivity index (χ4v) is 3.37. The van der Waals surface area contributed by atoms with Gasteiger partial charge in [0.25, 0.3) is 0 Å². The van der Waals surface area contributed by atoms with Crippen molar-refractivity contribution in [3.63, 3.8) is 0 Å². The van der Waals surface area contributed by atoms with E-state index in [0.717, 1.165) is 16.9 Å². The predicted octanol–water partition coefficient (Wildman–Crippen LogP) is 5.27. The molecule has 0 bridgehead atoms. The molecule has 0 amide bonds. The molecule has 0 saturated carbocycles. The summed E-state index contributed by atoms with van der Waals surface area (Å²) in [6, 6.07) is 16.1. The van der Waals surface area contributed by atoms with E-state index in [1.54, 1.807) is 0 Å². The van der Waals surface area contributed by atoms with Crippen molar-refractivity contribution in [1.82, 2.24) is 0 Å². The van der Waals surface area contributed by atoms with Crippen LogP contribution in [0.25, 0.3) is 0 Å². The second-order valence-corrected chi connectivity index (χ2v) is 6.36. The minimum Gasteiger partial charge on any atom is -0.449 e. The first-order valence-corrected chi connectivity index (χ1v) is 8.46. The van der Waals surface area contributed by atoms with Crippen LogP contribution < -0.4 is 4.74 Å². The van der Waals surface area contributed by atoms with Crippen LogP contribution in [0.2, 0.25) is 5.02 Å². The zero-order chi connectivity index (χ0) is 15.7. The average molecular weight is 328 g/mol. The van der Waals surface area contributed by atoms with E-state index in [-0.39, 0.29) is 5.92 Å². The molecular weight excluding hydrogens is 314 g/mol. The van der Waals surface area contributed by atoms with Crippen molar-refractivity contribution < 1.29 is 4.74 Å². The average Bonchev–Trinajstić information content (AvgIpc) is 2.54. The van der Waals surface area contributed by atoms with Crippen molar-refractivity contribution in [2.75, 3.05) is 6.26 Å². The number of thioether (sulfide) groups is 1. The van der Waals surface area contributed by atoms with Crippen LogP contribution in [-0.4, -0.2) is 6.26 Å². The van der Waals surface area contributed by atoms with E-state index in [1.807, 2.05) is 31.4 Å². The van der Waals surface area contributed by atoms with Crippen LogP contribution in [0.1, 0.15) is 22.6 Å². The van der Waals surface area contributed by atoms with Gasteiger partial charge in [0.1, 0.15) is 11.8 Å². The molecule has 1 aliphatic heterocycles. The number of ether oxygens (including phenoxy) is 1. The van der Waals surface area contributed by atoms with E-state index in [1.165, 1.54) is 17.3 Å². The zero-order valence-corrected chi connectivity index (χ0v) is 13.8. The maximum Gasteiger partial charge on any atom is 0.175 e. The quantitative estimate of drug-likeness (QED) is 0.753. The van der Waals surface area contributed by atoms with Gasteiger partial charge in [0, 0.05) is 10.6 Å². The topological polar surface area (TPSA) is 33.0 Å². The molecule has 22 heavy (non-hydrogen) atoms. The molecule has 1 unspecified atom stereocenters. The summed E-state index contributed by atoms with van der Waals surface area (Å²) in [6.45, 7) is 2.05. The number of halogens is 1. The van der Waals surface area contributed by atoms with Gasteiger partial charge in [-0.1, -0.05) is 53.2 Å². The molecule has 2 aromatic carbocycles. The highest BCUT2D eigenvalue weighted by atomic mass is 35.5. The second-order valence-electron chi connectivity index (χ2n) is 5.14. The molecule has 0 radical (unpaired) electrons. The van der Waals surface area contributed by atoms with E-state index >= 15 is 0 Å². The summed E-state index contributed by atoms with van der Waals surface area (Å²) >= 11 is 7.61. The molecule has 110 valence electrons. The van der Waals surface area contributed by atoms with E-state index in [9.17, 15) is 5.26 Å². The molecule has 4 heteroatoms. The van der Waals surface area contributed by atoms with Crippen molar-refractivity contribution in [3.8, 4) is 11.8 Å². The molecule has 0 aliphatic carbocycles. The van der Waals surface area contributed by atoms with Gasteiger partial charge in [-0.25, -0.2) is 0 Å². The van der Waals surface area contributed by atoms with Crippen LogP contribution >= 0.6 is 23.4 Å². The van der Waals surface area contributed by atoms with Gasteiger partial charge in [0.2, 0.25) is 0 Å². The lowest BCUT2D eigenvalue weighted by molar-refractivity contribution is 0.439. The van der Waals surface area contributed by atoms with Crippen LogP contribution in [0.5, 0.6) is 5.75 Å². The van der Waals surface area contributed by atoms with Crippen molar-refractivity contribution in [2.24, 2.45) is 0 Å². The molecule has 0 saturated heterocycles. The van der Waals surface area contributed by atoms with Gasteiger partial charge in [0.15, 0.2) is 5.09 Å². The Kier molecular flexibility index (Phi) is 4.15. The number of rotatable bonds is 2. The normalized spacial score (nSPS) is 16.7. The highest BCUT2D eigenvalue weighted by molar-refractivity contribution is 8.02. The van der Waals surface area contributed by atoms with Gasteiger partial charge in [-0.05, 0) is 36.9 Å². The first-order chi connectivity index (χ1) is 10.6. The van der Waals surface area contributed by atoms with E-state index in [4.69, 9.17) is 16.3 Å². The third-order valence-corrected chi connectivity index (χ3v) is 4.62. The molecule has 2 aromatic rings. The van der Waals surface area contributed by atoms with Gasteiger partial charge >= 0.3 is 0 Å². The number of benzene rings is 2. The molecule has 1 heterocycles. The number of allylic oxidation sites excluding steroid dienone is 1. The predicted molar refractivity (Wildman–Crippen MR) is 91.3 cm³/mol. The maximum absolute atomic E-state index is 9.64. The fraction of sp³-hybridized carbons (Fsp3) is 0.167. The Morgan fingerprint density at radius 3 is 2.55 bits per heavy atom. The molecule has 0 N–H and O–H groups in total. The third kappa shape index (κ3) is 2.61. The number of nitrogens with zero attached hydrogens (tertiary/aromatic N) is 1. The molecular formula is C18H14ClNOS. The summed E-state index contributed by atoms with van der Waals surface area (Å²) in [6.07, 6.45) is 1.92. The number of aryl methyl sites for hydroxylation is 1. The minimum atomic E-state index is -0.143. The standard InChI is InChI=1S/C18H14ClNOS/c1-11-3-5-12(6-4-11)17-14-9-13(19)7-8-16(14)21-18(22-2)15(17)10-20/h3-9,17H,1-2H3. The van der Waals surface area contributed by atoms with E-state index in [2.05, 4.69) is 30.3 Å². The molecule has 2 nitrogen and oxygen atoms in total. The van der Waals surface area contributed by atoms with E-state index in [0.29, 0.717) is 15.7 Å². The van der Waals surface area contributed by atoms with Crippen molar-refractivity contribution >= 4 is 23.4 Å².